The molecule has 1 spiro atoms. The summed E-state index contributed by atoms with van der Waals surface area (Å²) in [5.41, 5.74) is -0.226. The molecule has 1 aromatic rings. The Kier molecular flexibility index (Phi) is 7.25. The fourth-order valence-corrected chi connectivity index (χ4v) is 6.06. The van der Waals surface area contributed by atoms with Crippen LogP contribution in [0.3, 0.4) is 0 Å². The van der Waals surface area contributed by atoms with Crippen LogP contribution >= 0.6 is 0 Å². The number of likely N-dealkylation sites (tertiary alicyclic amines) is 1. The third-order valence-electron chi connectivity index (χ3n) is 7.71. The van der Waals surface area contributed by atoms with Crippen molar-refractivity contribution in [3.05, 3.63) is 60.2 Å². The number of cyclic esters (lactones) is 1. The second-order valence-corrected chi connectivity index (χ2v) is 10.0. The summed E-state index contributed by atoms with van der Waals surface area (Å²) in [4.78, 5) is 44.7. The monoisotopic (exact) mass is 494 g/mol. The summed E-state index contributed by atoms with van der Waals surface area (Å²) in [6.45, 7) is 1.56. The van der Waals surface area contributed by atoms with Crippen molar-refractivity contribution < 1.29 is 29.0 Å². The quantitative estimate of drug-likeness (QED) is 0.355. The molecule has 5 rings (SSSR count). The third-order valence-corrected chi connectivity index (χ3v) is 7.71. The smallest absolute Gasteiger partial charge is 0.312 e. The highest BCUT2D eigenvalue weighted by Crippen LogP contribution is 2.53. The van der Waals surface area contributed by atoms with Crippen LogP contribution in [0.4, 0.5) is 0 Å². The molecule has 2 amide bonds. The fourth-order valence-electron chi connectivity index (χ4n) is 6.06. The molecule has 0 aliphatic carbocycles. The van der Waals surface area contributed by atoms with Crippen LogP contribution in [0.15, 0.2) is 54.6 Å². The number of hydrogen-bond acceptors (Lipinski definition) is 6. The molecule has 4 aliphatic rings. The standard InChI is InChI=1S/C28H34N2O6/c31-17-8-3-7-16-30-24-26(33)29(19-20-11-4-1-5-12-20)15-10-14-28(24)23(25(30)32)22-21(36-28)13-6-2-9-18-35-27(22)34/h1,4-6,10-14,21-24,31H,2-3,7-9,15-19H2/b13-6-/t21-,22?,23+,24-,28?/m1/s1. The van der Waals surface area contributed by atoms with E-state index in [9.17, 15) is 19.5 Å². The van der Waals surface area contributed by atoms with Gasteiger partial charge in [-0.15, -0.1) is 0 Å². The Labute approximate surface area is 211 Å². The molecule has 36 heavy (non-hydrogen) atoms. The minimum atomic E-state index is -1.23. The zero-order chi connectivity index (χ0) is 25.1. The largest absolute Gasteiger partial charge is 0.465 e. The first-order valence-electron chi connectivity index (χ1n) is 13.0. The second-order valence-electron chi connectivity index (χ2n) is 10.0. The maximum atomic E-state index is 14.1. The van der Waals surface area contributed by atoms with Gasteiger partial charge in [0.15, 0.2) is 0 Å². The predicted octanol–water partition coefficient (Wildman–Crippen LogP) is 2.22. The summed E-state index contributed by atoms with van der Waals surface area (Å²) >= 11 is 0. The molecule has 4 aliphatic heterocycles. The highest BCUT2D eigenvalue weighted by Gasteiger charge is 2.71. The number of ether oxygens (including phenoxy) is 2. The molecule has 0 aromatic heterocycles. The van der Waals surface area contributed by atoms with E-state index in [0.29, 0.717) is 39.1 Å². The van der Waals surface area contributed by atoms with Crippen LogP contribution in [0.1, 0.15) is 37.7 Å². The number of fused-ring (bicyclic) bond motifs is 2. The highest BCUT2D eigenvalue weighted by molar-refractivity contribution is 5.99. The van der Waals surface area contributed by atoms with Crippen LogP contribution in [0.2, 0.25) is 0 Å². The van der Waals surface area contributed by atoms with E-state index in [1.54, 1.807) is 9.80 Å². The van der Waals surface area contributed by atoms with E-state index in [-0.39, 0.29) is 18.4 Å². The van der Waals surface area contributed by atoms with Crippen LogP contribution in [0.5, 0.6) is 0 Å². The Morgan fingerprint density at radius 2 is 1.86 bits per heavy atom. The summed E-state index contributed by atoms with van der Waals surface area (Å²) in [5, 5.41) is 9.18. The average Bonchev–Trinajstić information content (AvgIpc) is 3.29. The Balaban J connectivity index is 1.52. The number of benzene rings is 1. The Morgan fingerprint density at radius 1 is 1.03 bits per heavy atom. The van der Waals surface area contributed by atoms with Gasteiger partial charge >= 0.3 is 5.97 Å². The Bertz CT molecular complexity index is 1040. The van der Waals surface area contributed by atoms with Crippen LogP contribution in [0, 0.1) is 11.8 Å². The van der Waals surface area contributed by atoms with E-state index in [0.717, 1.165) is 24.8 Å². The third kappa shape index (κ3) is 4.37. The summed E-state index contributed by atoms with van der Waals surface area (Å²) in [6.07, 6.45) is 10.5. The molecule has 1 N–H and O–H groups in total. The van der Waals surface area contributed by atoms with Crippen molar-refractivity contribution >= 4 is 17.8 Å². The normalized spacial score (nSPS) is 32.6. The molecular formula is C28H34N2O6. The summed E-state index contributed by atoms with van der Waals surface area (Å²) in [6, 6.07) is 8.91. The molecule has 192 valence electrons. The lowest BCUT2D eigenvalue weighted by Crippen LogP contribution is -2.55. The number of hydrogen-bond donors (Lipinski definition) is 1. The number of allylic oxidation sites excluding steroid dienone is 1. The average molecular weight is 495 g/mol. The number of esters is 1. The number of carbonyl (C=O) groups is 3. The lowest BCUT2D eigenvalue weighted by atomic mass is 9.78. The topological polar surface area (TPSA) is 96.4 Å². The Hall–Kier alpha value is -2.97. The zero-order valence-electron chi connectivity index (χ0n) is 20.5. The summed E-state index contributed by atoms with van der Waals surface area (Å²) in [7, 11) is 0. The number of nitrogens with zero attached hydrogens (tertiary/aromatic N) is 2. The van der Waals surface area contributed by atoms with Crippen molar-refractivity contribution in [2.75, 3.05) is 26.3 Å². The van der Waals surface area contributed by atoms with Gasteiger partial charge in [0.25, 0.3) is 0 Å². The molecule has 2 saturated heterocycles. The molecule has 5 atom stereocenters. The van der Waals surface area contributed by atoms with Crippen molar-refractivity contribution in [2.24, 2.45) is 11.8 Å². The predicted molar refractivity (Wildman–Crippen MR) is 131 cm³/mol. The molecule has 8 heteroatoms. The molecule has 2 unspecified atom stereocenters. The molecule has 0 saturated carbocycles. The first-order chi connectivity index (χ1) is 17.6. The summed E-state index contributed by atoms with van der Waals surface area (Å²) in [5.74, 6) is -2.47. The lowest BCUT2D eigenvalue weighted by molar-refractivity contribution is -0.154. The number of rotatable bonds is 7. The SMILES string of the molecule is O=C1OCCC/C=C\[C@H]2OC34C=CCN(Cc5ccccc5)C(=O)[C@H]3N(CCCCCO)C(=O)[C@@H]4C12. The van der Waals surface area contributed by atoms with Gasteiger partial charge in [0.1, 0.15) is 17.6 Å². The van der Waals surface area contributed by atoms with Gasteiger partial charge in [-0.05, 0) is 37.7 Å². The van der Waals surface area contributed by atoms with Crippen LogP contribution in [-0.2, 0) is 30.4 Å². The number of amides is 2. The molecular weight excluding hydrogens is 460 g/mol. The highest BCUT2D eigenvalue weighted by atomic mass is 16.6. The van der Waals surface area contributed by atoms with Gasteiger partial charge in [-0.1, -0.05) is 54.6 Å². The van der Waals surface area contributed by atoms with Crippen molar-refractivity contribution in [1.82, 2.24) is 9.80 Å². The van der Waals surface area contributed by atoms with E-state index in [1.165, 1.54) is 0 Å². The van der Waals surface area contributed by atoms with Crippen molar-refractivity contribution in [2.45, 2.75) is 56.4 Å². The van der Waals surface area contributed by atoms with Gasteiger partial charge in [0, 0.05) is 26.2 Å². The van der Waals surface area contributed by atoms with E-state index >= 15 is 0 Å². The van der Waals surface area contributed by atoms with E-state index in [1.807, 2.05) is 54.6 Å². The number of aliphatic hydroxyl groups excluding tert-OH is 1. The van der Waals surface area contributed by atoms with E-state index < -0.39 is 35.6 Å². The van der Waals surface area contributed by atoms with Gasteiger partial charge < -0.3 is 24.4 Å². The molecule has 0 radical (unpaired) electrons. The molecule has 4 heterocycles. The minimum Gasteiger partial charge on any atom is -0.465 e. The Morgan fingerprint density at radius 3 is 2.67 bits per heavy atom. The van der Waals surface area contributed by atoms with Gasteiger partial charge in [-0.3, -0.25) is 14.4 Å². The van der Waals surface area contributed by atoms with Crippen molar-refractivity contribution in [3.63, 3.8) is 0 Å². The fraction of sp³-hybridized carbons (Fsp3) is 0.536. The van der Waals surface area contributed by atoms with Crippen LogP contribution < -0.4 is 0 Å². The van der Waals surface area contributed by atoms with Crippen molar-refractivity contribution in [3.8, 4) is 0 Å². The molecule has 1 aromatic carbocycles. The maximum Gasteiger partial charge on any atom is 0.312 e. The number of aliphatic hydroxyl groups is 1. The molecule has 0 bridgehead atoms. The lowest BCUT2D eigenvalue weighted by Gasteiger charge is -2.35. The van der Waals surface area contributed by atoms with Gasteiger partial charge in [0.2, 0.25) is 11.8 Å². The maximum absolute atomic E-state index is 14.1. The van der Waals surface area contributed by atoms with Crippen LogP contribution in [-0.4, -0.2) is 76.7 Å². The van der Waals surface area contributed by atoms with Crippen molar-refractivity contribution in [1.29, 1.82) is 0 Å². The first kappa shape index (κ1) is 24.7. The van der Waals surface area contributed by atoms with Crippen LogP contribution in [0.25, 0.3) is 0 Å². The van der Waals surface area contributed by atoms with E-state index in [2.05, 4.69) is 0 Å². The second kappa shape index (κ2) is 10.6. The van der Waals surface area contributed by atoms with Gasteiger partial charge in [0.05, 0.1) is 18.6 Å². The minimum absolute atomic E-state index is 0.0848. The summed E-state index contributed by atoms with van der Waals surface area (Å²) < 4.78 is 12.1. The van der Waals surface area contributed by atoms with Gasteiger partial charge in [-0.25, -0.2) is 0 Å². The number of carbonyl (C=O) groups excluding carboxylic acids is 3. The van der Waals surface area contributed by atoms with Gasteiger partial charge in [-0.2, -0.15) is 0 Å². The van der Waals surface area contributed by atoms with E-state index in [4.69, 9.17) is 9.47 Å². The molecule has 8 nitrogen and oxygen atoms in total. The zero-order valence-corrected chi connectivity index (χ0v) is 20.5. The number of unbranched alkanes of at least 4 members (excludes halogenated alkanes) is 2. The first-order valence-corrected chi connectivity index (χ1v) is 13.0. The molecule has 2 fully saturated rings.